The van der Waals surface area contributed by atoms with Crippen LogP contribution in [0.15, 0.2) is 30.3 Å². The SMILES string of the molecule is CC1(C(=O)N2CCOC(c3ccccc3)C2)CCNCC1. The van der Waals surface area contributed by atoms with Crippen molar-refractivity contribution in [1.29, 1.82) is 0 Å². The highest BCUT2D eigenvalue weighted by molar-refractivity contribution is 5.82. The van der Waals surface area contributed by atoms with Crippen molar-refractivity contribution in [2.45, 2.75) is 25.9 Å². The zero-order chi connectivity index (χ0) is 14.7. The molecule has 0 spiro atoms. The van der Waals surface area contributed by atoms with Crippen LogP contribution in [0.5, 0.6) is 0 Å². The van der Waals surface area contributed by atoms with Crippen molar-refractivity contribution < 1.29 is 9.53 Å². The normalized spacial score (nSPS) is 25.6. The summed E-state index contributed by atoms with van der Waals surface area (Å²) in [6.07, 6.45) is 1.87. The van der Waals surface area contributed by atoms with E-state index in [9.17, 15) is 4.79 Å². The van der Waals surface area contributed by atoms with Gasteiger partial charge in [-0.1, -0.05) is 37.3 Å². The molecule has 2 heterocycles. The lowest BCUT2D eigenvalue weighted by Crippen LogP contribution is -2.51. The number of hydrogen-bond donors (Lipinski definition) is 1. The van der Waals surface area contributed by atoms with E-state index >= 15 is 0 Å². The van der Waals surface area contributed by atoms with Crippen LogP contribution in [0.3, 0.4) is 0 Å². The van der Waals surface area contributed by atoms with Crippen LogP contribution in [0.25, 0.3) is 0 Å². The molecule has 0 aromatic heterocycles. The van der Waals surface area contributed by atoms with Crippen molar-refractivity contribution in [2.24, 2.45) is 5.41 Å². The zero-order valence-electron chi connectivity index (χ0n) is 12.7. The first-order valence-corrected chi connectivity index (χ1v) is 7.86. The van der Waals surface area contributed by atoms with Gasteiger partial charge in [0.05, 0.1) is 13.2 Å². The van der Waals surface area contributed by atoms with Crippen molar-refractivity contribution in [3.05, 3.63) is 35.9 Å². The van der Waals surface area contributed by atoms with Gasteiger partial charge < -0.3 is 15.0 Å². The minimum Gasteiger partial charge on any atom is -0.370 e. The number of carbonyl (C=O) groups excluding carboxylic acids is 1. The molecule has 0 aliphatic carbocycles. The molecular formula is C17H24N2O2. The van der Waals surface area contributed by atoms with Gasteiger partial charge in [0, 0.05) is 12.0 Å². The molecule has 4 nitrogen and oxygen atoms in total. The lowest BCUT2D eigenvalue weighted by atomic mass is 9.79. The molecule has 1 aromatic rings. The Kier molecular flexibility index (Phi) is 4.27. The summed E-state index contributed by atoms with van der Waals surface area (Å²) >= 11 is 0. The number of rotatable bonds is 2. The number of ether oxygens (including phenoxy) is 1. The monoisotopic (exact) mass is 288 g/mol. The number of nitrogens with zero attached hydrogens (tertiary/aromatic N) is 1. The van der Waals surface area contributed by atoms with Crippen LogP contribution in [-0.4, -0.2) is 43.6 Å². The number of hydrogen-bond acceptors (Lipinski definition) is 3. The van der Waals surface area contributed by atoms with Crippen LogP contribution in [0, 0.1) is 5.41 Å². The molecule has 114 valence electrons. The molecule has 21 heavy (non-hydrogen) atoms. The molecule has 2 aliphatic rings. The lowest BCUT2D eigenvalue weighted by molar-refractivity contribution is -0.150. The van der Waals surface area contributed by atoms with Crippen LogP contribution in [-0.2, 0) is 9.53 Å². The first-order chi connectivity index (χ1) is 10.2. The maximum Gasteiger partial charge on any atom is 0.228 e. The van der Waals surface area contributed by atoms with Crippen molar-refractivity contribution in [3.63, 3.8) is 0 Å². The van der Waals surface area contributed by atoms with Crippen molar-refractivity contribution in [1.82, 2.24) is 10.2 Å². The largest absolute Gasteiger partial charge is 0.370 e. The Morgan fingerprint density at radius 3 is 2.71 bits per heavy atom. The Balaban J connectivity index is 1.69. The van der Waals surface area contributed by atoms with Gasteiger partial charge in [-0.15, -0.1) is 0 Å². The Bertz CT molecular complexity index is 483. The maximum absolute atomic E-state index is 12.9. The summed E-state index contributed by atoms with van der Waals surface area (Å²) in [5, 5.41) is 3.34. The minimum absolute atomic E-state index is 0.00853. The second-order valence-corrected chi connectivity index (χ2v) is 6.33. The van der Waals surface area contributed by atoms with Gasteiger partial charge in [0.25, 0.3) is 0 Å². The third-order valence-corrected chi connectivity index (χ3v) is 4.75. The number of nitrogens with one attached hydrogen (secondary N) is 1. The van der Waals surface area contributed by atoms with Gasteiger partial charge in [0.2, 0.25) is 5.91 Å². The molecule has 1 amide bonds. The van der Waals surface area contributed by atoms with E-state index in [0.717, 1.165) is 31.5 Å². The summed E-state index contributed by atoms with van der Waals surface area (Å²) in [4.78, 5) is 14.9. The number of benzene rings is 1. The van der Waals surface area contributed by atoms with Gasteiger partial charge in [0.1, 0.15) is 6.10 Å². The molecule has 0 bridgehead atoms. The predicted octanol–water partition coefficient (Wildman–Crippen LogP) is 1.98. The Labute approximate surface area is 126 Å². The van der Waals surface area contributed by atoms with Crippen molar-refractivity contribution >= 4 is 5.91 Å². The zero-order valence-corrected chi connectivity index (χ0v) is 12.7. The number of piperidine rings is 1. The number of amides is 1. The molecule has 0 radical (unpaired) electrons. The summed E-state index contributed by atoms with van der Waals surface area (Å²) in [6, 6.07) is 10.2. The first-order valence-electron chi connectivity index (χ1n) is 7.86. The lowest BCUT2D eigenvalue weighted by Gasteiger charge is -2.40. The van der Waals surface area contributed by atoms with Crippen LogP contribution in [0.4, 0.5) is 0 Å². The molecule has 1 N–H and O–H groups in total. The second-order valence-electron chi connectivity index (χ2n) is 6.33. The highest BCUT2D eigenvalue weighted by atomic mass is 16.5. The molecule has 4 heteroatoms. The average molecular weight is 288 g/mol. The molecular weight excluding hydrogens is 264 g/mol. The van der Waals surface area contributed by atoms with Gasteiger partial charge >= 0.3 is 0 Å². The number of carbonyl (C=O) groups is 1. The Morgan fingerprint density at radius 1 is 1.29 bits per heavy atom. The summed E-state index contributed by atoms with van der Waals surface area (Å²) < 4.78 is 5.86. The summed E-state index contributed by atoms with van der Waals surface area (Å²) in [7, 11) is 0. The third kappa shape index (κ3) is 3.11. The fourth-order valence-electron chi connectivity index (χ4n) is 3.28. The predicted molar refractivity (Wildman–Crippen MR) is 81.9 cm³/mol. The van der Waals surface area contributed by atoms with E-state index < -0.39 is 0 Å². The standard InChI is InChI=1S/C17H24N2O2/c1-17(7-9-18-10-8-17)16(20)19-11-12-21-15(13-19)14-5-3-2-4-6-14/h2-6,15,18H,7-13H2,1H3. The maximum atomic E-state index is 12.9. The van der Waals surface area contributed by atoms with E-state index in [-0.39, 0.29) is 11.5 Å². The van der Waals surface area contributed by atoms with Crippen LogP contribution in [0.1, 0.15) is 31.4 Å². The Morgan fingerprint density at radius 2 is 2.00 bits per heavy atom. The first kappa shape index (κ1) is 14.5. The molecule has 1 aromatic carbocycles. The average Bonchev–Trinajstić information content (AvgIpc) is 2.56. The van der Waals surface area contributed by atoms with Gasteiger partial charge in [-0.25, -0.2) is 0 Å². The molecule has 2 saturated heterocycles. The second kappa shape index (κ2) is 6.16. The van der Waals surface area contributed by atoms with E-state index in [0.29, 0.717) is 25.6 Å². The number of morpholine rings is 1. The molecule has 3 rings (SSSR count). The molecule has 0 saturated carbocycles. The summed E-state index contributed by atoms with van der Waals surface area (Å²) in [5.74, 6) is 0.299. The minimum atomic E-state index is -0.205. The molecule has 1 unspecified atom stereocenters. The topological polar surface area (TPSA) is 41.6 Å². The fourth-order valence-corrected chi connectivity index (χ4v) is 3.28. The summed E-state index contributed by atoms with van der Waals surface area (Å²) in [5.41, 5.74) is 0.953. The quantitative estimate of drug-likeness (QED) is 0.905. The Hall–Kier alpha value is -1.39. The van der Waals surface area contributed by atoms with Gasteiger partial charge in [-0.3, -0.25) is 4.79 Å². The smallest absolute Gasteiger partial charge is 0.228 e. The molecule has 1 atom stereocenters. The highest BCUT2D eigenvalue weighted by Crippen LogP contribution is 2.32. The van der Waals surface area contributed by atoms with Gasteiger partial charge in [0.15, 0.2) is 0 Å². The van der Waals surface area contributed by atoms with Gasteiger partial charge in [-0.05, 0) is 31.5 Å². The van der Waals surface area contributed by atoms with Crippen LogP contribution >= 0.6 is 0 Å². The van der Waals surface area contributed by atoms with E-state index in [1.165, 1.54) is 0 Å². The summed E-state index contributed by atoms with van der Waals surface area (Å²) in [6.45, 7) is 6.00. The van der Waals surface area contributed by atoms with Crippen LogP contribution < -0.4 is 5.32 Å². The highest BCUT2D eigenvalue weighted by Gasteiger charge is 2.39. The van der Waals surface area contributed by atoms with Crippen molar-refractivity contribution in [2.75, 3.05) is 32.8 Å². The third-order valence-electron chi connectivity index (χ3n) is 4.75. The van der Waals surface area contributed by atoms with E-state index in [4.69, 9.17) is 4.74 Å². The van der Waals surface area contributed by atoms with Crippen molar-refractivity contribution in [3.8, 4) is 0 Å². The van der Waals surface area contributed by atoms with E-state index in [1.54, 1.807) is 0 Å². The van der Waals surface area contributed by atoms with Gasteiger partial charge in [-0.2, -0.15) is 0 Å². The van der Waals surface area contributed by atoms with E-state index in [1.807, 2.05) is 23.1 Å². The van der Waals surface area contributed by atoms with Crippen LogP contribution in [0.2, 0.25) is 0 Å². The molecule has 2 fully saturated rings. The molecule has 2 aliphatic heterocycles. The van der Waals surface area contributed by atoms with E-state index in [2.05, 4.69) is 24.4 Å². The fraction of sp³-hybridized carbons (Fsp3) is 0.588.